The third-order valence-corrected chi connectivity index (χ3v) is 2.56. The van der Waals surface area contributed by atoms with Gasteiger partial charge in [0.25, 0.3) is 0 Å². The molecular weight excluding hydrogens is 235 g/mol. The fourth-order valence-corrected chi connectivity index (χ4v) is 1.51. The van der Waals surface area contributed by atoms with Gasteiger partial charge in [0.1, 0.15) is 17.8 Å². The number of ether oxygens (including phenoxy) is 1. The van der Waals surface area contributed by atoms with Crippen LogP contribution in [-0.2, 0) is 0 Å². The van der Waals surface area contributed by atoms with Crippen molar-refractivity contribution < 1.29 is 9.13 Å². The van der Waals surface area contributed by atoms with Crippen molar-refractivity contribution in [3.8, 4) is 5.88 Å². The van der Waals surface area contributed by atoms with E-state index in [0.717, 1.165) is 0 Å². The molecular formula is C12H13FN4O. The summed E-state index contributed by atoms with van der Waals surface area (Å²) in [7, 11) is 1.47. The van der Waals surface area contributed by atoms with Crippen molar-refractivity contribution in [3.05, 3.63) is 35.9 Å². The number of aromatic nitrogens is 2. The minimum atomic E-state index is -0.292. The molecule has 0 bridgehead atoms. The van der Waals surface area contributed by atoms with Crippen LogP contribution in [0.15, 0.2) is 24.5 Å². The van der Waals surface area contributed by atoms with E-state index in [9.17, 15) is 4.39 Å². The van der Waals surface area contributed by atoms with Crippen molar-refractivity contribution in [2.24, 2.45) is 0 Å². The van der Waals surface area contributed by atoms with Gasteiger partial charge in [-0.1, -0.05) is 6.07 Å². The lowest BCUT2D eigenvalue weighted by Gasteiger charge is -2.12. The van der Waals surface area contributed by atoms with E-state index < -0.39 is 0 Å². The average Bonchev–Trinajstić information content (AvgIpc) is 2.37. The zero-order valence-corrected chi connectivity index (χ0v) is 10.1. The van der Waals surface area contributed by atoms with E-state index in [4.69, 9.17) is 10.5 Å². The van der Waals surface area contributed by atoms with Crippen LogP contribution in [0.1, 0.15) is 5.56 Å². The minimum absolute atomic E-state index is 0.279. The second kappa shape index (κ2) is 4.87. The summed E-state index contributed by atoms with van der Waals surface area (Å²) in [4.78, 5) is 7.87. The Hall–Kier alpha value is -2.37. The summed E-state index contributed by atoms with van der Waals surface area (Å²) < 4.78 is 18.4. The molecule has 0 amide bonds. The fourth-order valence-electron chi connectivity index (χ4n) is 1.51. The first-order valence-electron chi connectivity index (χ1n) is 5.30. The Labute approximate surface area is 104 Å². The van der Waals surface area contributed by atoms with Crippen LogP contribution < -0.4 is 15.8 Å². The molecule has 0 aliphatic rings. The van der Waals surface area contributed by atoms with Crippen LogP contribution in [-0.4, -0.2) is 17.1 Å². The van der Waals surface area contributed by atoms with Gasteiger partial charge in [0.2, 0.25) is 5.88 Å². The quantitative estimate of drug-likeness (QED) is 0.871. The van der Waals surface area contributed by atoms with Gasteiger partial charge in [-0.15, -0.1) is 0 Å². The second-order valence-corrected chi connectivity index (χ2v) is 3.68. The number of halogens is 1. The number of methoxy groups -OCH3 is 1. The predicted octanol–water partition coefficient (Wildman–Crippen LogP) is 2.26. The van der Waals surface area contributed by atoms with Gasteiger partial charge < -0.3 is 15.8 Å². The van der Waals surface area contributed by atoms with Crippen molar-refractivity contribution in [1.29, 1.82) is 0 Å². The molecule has 0 radical (unpaired) electrons. The lowest BCUT2D eigenvalue weighted by molar-refractivity contribution is 0.399. The molecule has 2 aromatic rings. The Morgan fingerprint density at radius 1 is 1.33 bits per heavy atom. The van der Waals surface area contributed by atoms with E-state index in [1.165, 1.54) is 19.5 Å². The minimum Gasteiger partial charge on any atom is -0.479 e. The Morgan fingerprint density at radius 3 is 2.83 bits per heavy atom. The highest BCUT2D eigenvalue weighted by Crippen LogP contribution is 2.28. The van der Waals surface area contributed by atoms with Gasteiger partial charge in [-0.05, 0) is 19.1 Å². The number of hydrogen-bond donors (Lipinski definition) is 2. The second-order valence-electron chi connectivity index (χ2n) is 3.68. The molecule has 0 spiro atoms. The monoisotopic (exact) mass is 248 g/mol. The van der Waals surface area contributed by atoms with E-state index in [2.05, 4.69) is 15.3 Å². The number of benzene rings is 1. The Morgan fingerprint density at radius 2 is 2.11 bits per heavy atom. The van der Waals surface area contributed by atoms with E-state index in [1.54, 1.807) is 19.1 Å². The number of nitrogens with two attached hydrogens (primary N) is 1. The van der Waals surface area contributed by atoms with E-state index >= 15 is 0 Å². The van der Waals surface area contributed by atoms with Gasteiger partial charge in [0, 0.05) is 11.3 Å². The van der Waals surface area contributed by atoms with Crippen LogP contribution in [0.5, 0.6) is 5.88 Å². The highest BCUT2D eigenvalue weighted by Gasteiger charge is 2.10. The molecule has 3 N–H and O–H groups in total. The van der Waals surface area contributed by atoms with E-state index in [1.807, 2.05) is 0 Å². The maximum Gasteiger partial charge on any atom is 0.242 e. The average molecular weight is 248 g/mol. The highest BCUT2D eigenvalue weighted by atomic mass is 19.1. The van der Waals surface area contributed by atoms with Crippen molar-refractivity contribution in [3.63, 3.8) is 0 Å². The van der Waals surface area contributed by atoms with E-state index in [0.29, 0.717) is 17.1 Å². The molecule has 0 atom stereocenters. The smallest absolute Gasteiger partial charge is 0.242 e. The summed E-state index contributed by atoms with van der Waals surface area (Å²) in [6, 6.07) is 4.75. The number of hydrogen-bond acceptors (Lipinski definition) is 5. The molecule has 0 saturated heterocycles. The molecule has 0 saturated carbocycles. The number of anilines is 3. The third kappa shape index (κ3) is 2.17. The SMILES string of the molecule is COc1ncnc(Nc2cccc(F)c2C)c1N. The van der Waals surface area contributed by atoms with Crippen LogP contribution in [0.3, 0.4) is 0 Å². The van der Waals surface area contributed by atoms with Crippen molar-refractivity contribution >= 4 is 17.2 Å². The maximum atomic E-state index is 13.4. The molecule has 0 fully saturated rings. The lowest BCUT2D eigenvalue weighted by Crippen LogP contribution is -2.04. The molecule has 1 aromatic heterocycles. The third-order valence-electron chi connectivity index (χ3n) is 2.56. The molecule has 0 aliphatic carbocycles. The molecule has 0 aliphatic heterocycles. The summed E-state index contributed by atoms with van der Waals surface area (Å²) in [5.41, 5.74) is 7.20. The maximum absolute atomic E-state index is 13.4. The zero-order valence-electron chi connectivity index (χ0n) is 10.1. The van der Waals surface area contributed by atoms with Gasteiger partial charge in [0.05, 0.1) is 7.11 Å². The van der Waals surface area contributed by atoms with Crippen LogP contribution >= 0.6 is 0 Å². The Balaban J connectivity index is 2.37. The summed E-state index contributed by atoms with van der Waals surface area (Å²) >= 11 is 0. The summed E-state index contributed by atoms with van der Waals surface area (Å²) in [5.74, 6) is 0.372. The molecule has 1 aromatic carbocycles. The standard InChI is InChI=1S/C12H13FN4O/c1-7-8(13)4-3-5-9(7)17-11-10(14)12(18-2)16-6-15-11/h3-6H,14H2,1-2H3,(H,15,16,17). The molecule has 1 heterocycles. The van der Waals surface area contributed by atoms with Gasteiger partial charge in [-0.2, -0.15) is 4.98 Å². The highest BCUT2D eigenvalue weighted by molar-refractivity contribution is 5.73. The number of rotatable bonds is 3. The first kappa shape index (κ1) is 12.1. The summed E-state index contributed by atoms with van der Waals surface area (Å²) in [6.45, 7) is 1.67. The molecule has 94 valence electrons. The first-order chi connectivity index (χ1) is 8.63. The summed E-state index contributed by atoms with van der Waals surface area (Å²) in [6.07, 6.45) is 1.33. The number of nitrogens with zero attached hydrogens (tertiary/aromatic N) is 2. The van der Waals surface area contributed by atoms with Gasteiger partial charge in [-0.3, -0.25) is 0 Å². The molecule has 2 rings (SSSR count). The predicted molar refractivity (Wildman–Crippen MR) is 67.4 cm³/mol. The molecule has 6 heteroatoms. The lowest BCUT2D eigenvalue weighted by atomic mass is 10.2. The Kier molecular flexibility index (Phi) is 3.27. The van der Waals surface area contributed by atoms with Crippen LogP contribution in [0.25, 0.3) is 0 Å². The molecule has 5 nitrogen and oxygen atoms in total. The van der Waals surface area contributed by atoms with Crippen molar-refractivity contribution in [2.45, 2.75) is 6.92 Å². The largest absolute Gasteiger partial charge is 0.479 e. The van der Waals surface area contributed by atoms with Gasteiger partial charge >= 0.3 is 0 Å². The Bertz CT molecular complexity index is 574. The van der Waals surface area contributed by atoms with Crippen molar-refractivity contribution in [1.82, 2.24) is 9.97 Å². The first-order valence-corrected chi connectivity index (χ1v) is 5.30. The fraction of sp³-hybridized carbons (Fsp3) is 0.167. The summed E-state index contributed by atoms with van der Waals surface area (Å²) in [5, 5.41) is 2.96. The van der Waals surface area contributed by atoms with Gasteiger partial charge in [0.15, 0.2) is 5.82 Å². The number of nitrogen functional groups attached to an aromatic ring is 1. The van der Waals surface area contributed by atoms with Crippen LogP contribution in [0.4, 0.5) is 21.6 Å². The van der Waals surface area contributed by atoms with Crippen molar-refractivity contribution in [2.75, 3.05) is 18.2 Å². The zero-order chi connectivity index (χ0) is 13.1. The van der Waals surface area contributed by atoms with Crippen LogP contribution in [0.2, 0.25) is 0 Å². The topological polar surface area (TPSA) is 73.1 Å². The van der Waals surface area contributed by atoms with Crippen LogP contribution in [0, 0.1) is 12.7 Å². The number of nitrogens with one attached hydrogen (secondary N) is 1. The molecule has 18 heavy (non-hydrogen) atoms. The molecule has 0 unspecified atom stereocenters. The van der Waals surface area contributed by atoms with Gasteiger partial charge in [-0.25, -0.2) is 9.37 Å². The normalized spacial score (nSPS) is 10.2. The van der Waals surface area contributed by atoms with E-state index in [-0.39, 0.29) is 17.4 Å².